The highest BCUT2D eigenvalue weighted by Gasteiger charge is 2.13. The van der Waals surface area contributed by atoms with E-state index in [-0.39, 0.29) is 24.0 Å². The molecule has 2 saturated heterocycles. The van der Waals surface area contributed by atoms with E-state index in [1.807, 2.05) is 46.8 Å². The molecule has 2 amide bonds. The van der Waals surface area contributed by atoms with Crippen molar-refractivity contribution >= 4 is 45.5 Å². The van der Waals surface area contributed by atoms with Gasteiger partial charge in [-0.1, -0.05) is 6.07 Å². The van der Waals surface area contributed by atoms with Gasteiger partial charge >= 0.3 is 0 Å². The Morgan fingerprint density at radius 1 is 0.721 bits per heavy atom. The molecule has 11 nitrogen and oxygen atoms in total. The number of ether oxygens (including phenoxy) is 3. The average Bonchev–Trinajstić information content (AvgIpc) is 2.94. The number of hydrogen-bond donors (Lipinski definition) is 4. The second kappa shape index (κ2) is 20.5. The lowest BCUT2D eigenvalue weighted by atomic mass is 10.1. The van der Waals surface area contributed by atoms with Crippen molar-refractivity contribution in [1.29, 1.82) is 0 Å². The topological polar surface area (TPSA) is 144 Å². The van der Waals surface area contributed by atoms with Gasteiger partial charge in [0.25, 0.3) is 10.5 Å². The summed E-state index contributed by atoms with van der Waals surface area (Å²) >= 11 is 10.9. The van der Waals surface area contributed by atoms with Crippen molar-refractivity contribution in [1.82, 2.24) is 21.3 Å². The van der Waals surface area contributed by atoms with E-state index in [1.54, 1.807) is 31.4 Å². The predicted octanol–water partition coefficient (Wildman–Crippen LogP) is 3.43. The molecule has 2 aromatic carbocycles. The van der Waals surface area contributed by atoms with E-state index in [0.29, 0.717) is 41.5 Å². The van der Waals surface area contributed by atoms with E-state index < -0.39 is 10.5 Å². The summed E-state index contributed by atoms with van der Waals surface area (Å²) in [5.41, 5.74) is 1.82. The molecule has 0 aromatic heterocycles. The van der Waals surface area contributed by atoms with Gasteiger partial charge in [0.1, 0.15) is 17.2 Å². The first-order chi connectivity index (χ1) is 20.3. The quantitative estimate of drug-likeness (QED) is 0.335. The Morgan fingerprint density at radius 3 is 1.49 bits per heavy atom. The lowest BCUT2D eigenvalue weighted by molar-refractivity contribution is -0.121. The minimum Gasteiger partial charge on any atom is -0.497 e. The van der Waals surface area contributed by atoms with E-state index in [9.17, 15) is 19.2 Å². The van der Waals surface area contributed by atoms with E-state index in [1.165, 1.54) is 0 Å². The van der Waals surface area contributed by atoms with Gasteiger partial charge in [0.05, 0.1) is 43.5 Å². The zero-order chi connectivity index (χ0) is 32.4. The fourth-order valence-electron chi connectivity index (χ4n) is 3.40. The first-order valence-electron chi connectivity index (χ1n) is 13.8. The molecule has 0 aliphatic carbocycles. The third-order valence-electron chi connectivity index (χ3n) is 5.29. The number of halogens is 2. The Morgan fingerprint density at radius 2 is 1.16 bits per heavy atom. The molecule has 2 aliphatic rings. The van der Waals surface area contributed by atoms with E-state index >= 15 is 0 Å². The number of carbonyl (C=O) groups is 4. The molecule has 238 valence electrons. The third kappa shape index (κ3) is 16.2. The van der Waals surface area contributed by atoms with Crippen LogP contribution >= 0.6 is 23.2 Å². The molecule has 0 radical (unpaired) electrons. The lowest BCUT2D eigenvalue weighted by Gasteiger charge is -2.13. The molecule has 0 unspecified atom stereocenters. The number of rotatable bonds is 7. The Labute approximate surface area is 263 Å². The van der Waals surface area contributed by atoms with Gasteiger partial charge in [-0.2, -0.15) is 0 Å². The smallest absolute Gasteiger partial charge is 0.256 e. The molecular weight excluding hydrogens is 599 g/mol. The molecule has 2 aliphatic heterocycles. The van der Waals surface area contributed by atoms with Crippen LogP contribution in [0.2, 0.25) is 0 Å². The summed E-state index contributed by atoms with van der Waals surface area (Å²) in [5, 5.41) is 10.2. The normalized spacial score (nSPS) is 13.9. The summed E-state index contributed by atoms with van der Waals surface area (Å²) in [6.45, 7) is 13.9. The molecule has 13 heteroatoms. The zero-order valence-electron chi connectivity index (χ0n) is 25.5. The van der Waals surface area contributed by atoms with Crippen LogP contribution in [0.5, 0.6) is 17.2 Å². The Bertz CT molecular complexity index is 1170. The molecule has 0 spiro atoms. The maximum absolute atomic E-state index is 11.1. The Balaban J connectivity index is 0.000000303. The second-order valence-electron chi connectivity index (χ2n) is 9.80. The van der Waals surface area contributed by atoms with Crippen LogP contribution in [0.25, 0.3) is 0 Å². The van der Waals surface area contributed by atoms with Crippen LogP contribution < -0.4 is 35.5 Å². The molecule has 4 rings (SSSR count). The average molecular weight is 642 g/mol. The van der Waals surface area contributed by atoms with Crippen molar-refractivity contribution in [2.75, 3.05) is 46.4 Å². The summed E-state index contributed by atoms with van der Waals surface area (Å²) in [6, 6.07) is 10.2. The number of methoxy groups -OCH3 is 1. The van der Waals surface area contributed by atoms with Crippen LogP contribution in [0.15, 0.2) is 36.4 Å². The maximum atomic E-state index is 11.1. The number of piperazine rings is 2. The molecule has 2 heterocycles. The molecule has 4 N–H and O–H groups in total. The summed E-state index contributed by atoms with van der Waals surface area (Å²) in [7, 11) is 1.55. The molecular formula is C30H42Cl2N4O7. The van der Waals surface area contributed by atoms with Gasteiger partial charge in [-0.25, -0.2) is 0 Å². The van der Waals surface area contributed by atoms with Crippen molar-refractivity contribution in [3.63, 3.8) is 0 Å². The first kappa shape index (κ1) is 37.6. The molecule has 0 saturated carbocycles. The van der Waals surface area contributed by atoms with Gasteiger partial charge in [0, 0.05) is 32.2 Å². The van der Waals surface area contributed by atoms with E-state index in [4.69, 9.17) is 37.4 Å². The molecule has 43 heavy (non-hydrogen) atoms. The van der Waals surface area contributed by atoms with Crippen molar-refractivity contribution in [2.24, 2.45) is 0 Å². The van der Waals surface area contributed by atoms with Gasteiger partial charge < -0.3 is 35.5 Å². The third-order valence-corrected chi connectivity index (χ3v) is 5.70. The van der Waals surface area contributed by atoms with Gasteiger partial charge in [0.2, 0.25) is 11.8 Å². The number of benzene rings is 2. The Kier molecular flexibility index (Phi) is 18.0. The minimum atomic E-state index is -0.534. The highest BCUT2D eigenvalue weighted by atomic mass is 35.5. The zero-order valence-corrected chi connectivity index (χ0v) is 27.0. The van der Waals surface area contributed by atoms with Gasteiger partial charge in [-0.05, 0) is 87.6 Å². The van der Waals surface area contributed by atoms with Gasteiger partial charge in [-0.3, -0.25) is 19.2 Å². The van der Waals surface area contributed by atoms with Crippen LogP contribution in [-0.4, -0.2) is 80.9 Å². The van der Waals surface area contributed by atoms with Crippen LogP contribution in [0.3, 0.4) is 0 Å². The largest absolute Gasteiger partial charge is 0.497 e. The number of amides is 2. The van der Waals surface area contributed by atoms with Crippen LogP contribution in [0, 0.1) is 6.92 Å². The Hall–Kier alpha value is -3.38. The number of aryl methyl sites for hydroxylation is 1. The predicted molar refractivity (Wildman–Crippen MR) is 168 cm³/mol. The first-order valence-corrected chi connectivity index (χ1v) is 14.6. The highest BCUT2D eigenvalue weighted by Crippen LogP contribution is 2.27. The minimum absolute atomic E-state index is 0.0214. The fourth-order valence-corrected chi connectivity index (χ4v) is 3.71. The van der Waals surface area contributed by atoms with Crippen LogP contribution in [-0.2, 0) is 9.59 Å². The van der Waals surface area contributed by atoms with Crippen LogP contribution in [0.4, 0.5) is 0 Å². The number of nitrogens with one attached hydrogen (secondary N) is 4. The summed E-state index contributed by atoms with van der Waals surface area (Å²) in [6.07, 6.45) is 0.0124. The molecule has 2 fully saturated rings. The monoisotopic (exact) mass is 640 g/mol. The van der Waals surface area contributed by atoms with Gasteiger partial charge in [-0.15, -0.1) is 0 Å². The highest BCUT2D eigenvalue weighted by molar-refractivity contribution is 6.68. The molecule has 0 atom stereocenters. The fraction of sp³-hybridized carbons (Fsp3) is 0.467. The van der Waals surface area contributed by atoms with Crippen molar-refractivity contribution < 1.29 is 33.4 Å². The van der Waals surface area contributed by atoms with Crippen LogP contribution in [0.1, 0.15) is 54.0 Å². The summed E-state index contributed by atoms with van der Waals surface area (Å²) < 4.78 is 16.0. The van der Waals surface area contributed by atoms with Gasteiger partial charge in [0.15, 0.2) is 0 Å². The summed E-state index contributed by atoms with van der Waals surface area (Å²) in [4.78, 5) is 42.7. The SMILES string of the molecule is COc1ccc(C(=O)Cl)c(OC(C)C)c1.Cc1ccc(C(=O)Cl)c(OC(C)C)c1.O=C1CNCCN1.O=C1CNCCN1. The van der Waals surface area contributed by atoms with Crippen molar-refractivity contribution in [2.45, 2.75) is 46.8 Å². The van der Waals surface area contributed by atoms with Crippen molar-refractivity contribution in [3.05, 3.63) is 53.1 Å². The molecule has 2 aromatic rings. The second-order valence-corrected chi connectivity index (χ2v) is 10.5. The number of hydrogen-bond acceptors (Lipinski definition) is 9. The van der Waals surface area contributed by atoms with E-state index in [0.717, 1.165) is 31.7 Å². The van der Waals surface area contributed by atoms with Crippen molar-refractivity contribution in [3.8, 4) is 17.2 Å². The standard InChI is InChI=1S/C11H13ClO3.C11H13ClO2.2C4H8N2O/c1-7(2)15-10-6-8(14-3)4-5-9(10)11(12)13;1-7(2)14-10-6-8(3)4-5-9(10)11(12)13;2*7-4-3-5-1-2-6-4/h4-7H,1-3H3;4-7H,1-3H3;2*5H,1-3H2,(H,6,7). The molecule has 0 bridgehead atoms. The lowest BCUT2D eigenvalue weighted by Crippen LogP contribution is -2.44. The maximum Gasteiger partial charge on any atom is 0.256 e. The number of carbonyl (C=O) groups excluding carboxylic acids is 4. The van der Waals surface area contributed by atoms with E-state index in [2.05, 4.69) is 21.3 Å². The summed E-state index contributed by atoms with van der Waals surface area (Å²) in [5.74, 6) is 1.84.